The molecule has 1 aromatic rings. The van der Waals surface area contributed by atoms with Crippen LogP contribution in [0.15, 0.2) is 58.7 Å². The van der Waals surface area contributed by atoms with Crippen LogP contribution < -0.4 is 0 Å². The van der Waals surface area contributed by atoms with E-state index in [-0.39, 0.29) is 60.2 Å². The zero-order chi connectivity index (χ0) is 54.1. The predicted octanol–water partition coefficient (Wildman–Crippen LogP) is 6.49. The Kier molecular flexibility index (Phi) is 22.6. The molecule has 4 rings (SSSR count). The van der Waals surface area contributed by atoms with Gasteiger partial charge in [-0.25, -0.2) is 4.79 Å². The topological polar surface area (TPSA) is 268 Å². The number of halogens is 2. The van der Waals surface area contributed by atoms with Gasteiger partial charge in [-0.3, -0.25) is 9.59 Å². The van der Waals surface area contributed by atoms with Crippen molar-refractivity contribution in [1.29, 1.82) is 0 Å². The summed E-state index contributed by atoms with van der Waals surface area (Å²) in [4.78, 5) is 40.2. The Morgan fingerprint density at radius 2 is 1.58 bits per heavy atom. The molecule has 14 atom stereocenters. The first-order chi connectivity index (χ1) is 33.7. The van der Waals surface area contributed by atoms with E-state index in [2.05, 4.69) is 0 Å². The first-order valence-electron chi connectivity index (χ1n) is 24.6. The lowest BCUT2D eigenvalue weighted by atomic mass is 9.87. The average molecular weight is 1060 g/mol. The molecule has 19 heteroatoms. The number of rotatable bonds is 13. The Labute approximate surface area is 432 Å². The Morgan fingerprint density at radius 3 is 2.18 bits per heavy atom. The van der Waals surface area contributed by atoms with Crippen LogP contribution >= 0.6 is 23.2 Å². The van der Waals surface area contributed by atoms with E-state index in [9.17, 15) is 55.2 Å². The highest BCUT2D eigenvalue weighted by atomic mass is 35.5. The second-order valence-corrected chi connectivity index (χ2v) is 20.7. The average Bonchev–Trinajstić information content (AvgIpc) is 3.32. The highest BCUT2D eigenvalue weighted by Crippen LogP contribution is 2.45. The van der Waals surface area contributed by atoms with E-state index in [0.29, 0.717) is 17.6 Å². The molecule has 0 unspecified atom stereocenters. The number of esters is 2. The molecule has 17 nitrogen and oxygen atoms in total. The third kappa shape index (κ3) is 14.8. The first-order valence-corrected chi connectivity index (χ1v) is 25.3. The van der Waals surface area contributed by atoms with Crippen LogP contribution in [0.1, 0.15) is 118 Å². The summed E-state index contributed by atoms with van der Waals surface area (Å²) < 4.78 is 36.2. The number of hydrogen-bond donors (Lipinski definition) is 8. The third-order valence-corrected chi connectivity index (χ3v) is 14.4. The normalized spacial score (nSPS) is 34.9. The molecule has 0 spiro atoms. The zero-order valence-electron chi connectivity index (χ0n) is 43.1. The quantitative estimate of drug-likeness (QED) is 0.0775. The molecule has 2 fully saturated rings. The van der Waals surface area contributed by atoms with Crippen molar-refractivity contribution in [2.24, 2.45) is 23.7 Å². The first kappa shape index (κ1) is 60.9. The third-order valence-electron chi connectivity index (χ3n) is 13.6. The summed E-state index contributed by atoms with van der Waals surface area (Å²) in [5.74, 6) is -6.06. The summed E-state index contributed by atoms with van der Waals surface area (Å²) in [6, 6.07) is 0. The van der Waals surface area contributed by atoms with Gasteiger partial charge in [-0.15, -0.1) is 0 Å². The van der Waals surface area contributed by atoms with E-state index in [1.165, 1.54) is 13.0 Å². The molecule has 2 heterocycles. The molecule has 3 aliphatic rings. The second-order valence-electron chi connectivity index (χ2n) is 20.0. The highest BCUT2D eigenvalue weighted by molar-refractivity contribution is 6.39. The van der Waals surface area contributed by atoms with Crippen LogP contribution in [0.2, 0.25) is 10.0 Å². The summed E-state index contributed by atoms with van der Waals surface area (Å²) in [6.07, 6.45) is -2.28. The van der Waals surface area contributed by atoms with Gasteiger partial charge in [-0.2, -0.15) is 0 Å². The standard InChI is InChI=1S/C53H76Cl2O17/c1-12-31-21-27(6)36(58)17-15-14-16-33(24-67-51-35(23-56)41(60)47(30(9)68-51)69-50(66)38-34(13-2)39(54)43(62)40(55)42(38)61)37(59)22-32(29(8)57)19-18-26(5)20-28(7)46(31)70-52-45(64)44(63)48(53(10,11)72-52)71-49(65)25(3)4/h14-16,18,20-21,25,29-32,35-36,41,44-48,51-52,56-58,60-64H,12-13,17,19,22-24H2,1-11H3/b15-14+,26-18+,27-21+,28-20+,33-16+/t29-,30-,31+,32-,35+,36+,41-,44+,45-,46+,47-,48-,51-,52+/m1/s1. The molecule has 2 saturated heterocycles. The SMILES string of the molecule is CCc1c(Cl)c(O)c(Cl)c(O)c1C(=O)O[C@H]1[C@H](O)[C@H](CO)[C@H](OC/C2=C\C=C\C[C@H](O)/C(C)=C/[C@H](CC)[C@@H](O[C@H]3OC(C)(C)[C@H](OC(=O)C(C)C)[C@@H](O)[C@H]3O)/C(C)=C/C(C)=C/C[C@@H]([C@@H](C)O)CC2=O)O[C@@H]1C. The van der Waals surface area contributed by atoms with Gasteiger partial charge in [-0.05, 0) is 96.8 Å². The second kappa shape index (κ2) is 26.7. The van der Waals surface area contributed by atoms with E-state index < -0.39 is 132 Å². The van der Waals surface area contributed by atoms with Gasteiger partial charge < -0.3 is 69.3 Å². The van der Waals surface area contributed by atoms with E-state index in [1.807, 2.05) is 39.0 Å². The minimum atomic E-state index is -1.59. The Morgan fingerprint density at radius 1 is 0.917 bits per heavy atom. The number of ketones is 1. The molecule has 0 amide bonds. The summed E-state index contributed by atoms with van der Waals surface area (Å²) in [5, 5.41) is 87.0. The molecule has 72 heavy (non-hydrogen) atoms. The number of aliphatic hydroxyl groups excluding tert-OH is 6. The largest absolute Gasteiger partial charge is 0.505 e. The van der Waals surface area contributed by atoms with Crippen molar-refractivity contribution in [3.05, 3.63) is 79.9 Å². The number of allylic oxidation sites excluding steroid dienone is 5. The summed E-state index contributed by atoms with van der Waals surface area (Å²) in [6.45, 7) is 17.7. The number of carbonyl (C=O) groups is 3. The number of ether oxygens (including phenoxy) is 6. The van der Waals surface area contributed by atoms with E-state index in [1.54, 1.807) is 60.6 Å². The smallest absolute Gasteiger partial charge is 0.342 e. The summed E-state index contributed by atoms with van der Waals surface area (Å²) in [7, 11) is 0. The number of carbonyl (C=O) groups excluding carboxylic acids is 3. The molecule has 0 aromatic heterocycles. The Bertz CT molecular complexity index is 2210. The van der Waals surface area contributed by atoms with Crippen molar-refractivity contribution in [1.82, 2.24) is 0 Å². The lowest BCUT2D eigenvalue weighted by Crippen LogP contribution is -2.64. The summed E-state index contributed by atoms with van der Waals surface area (Å²) in [5.41, 5.74) is 0.628. The molecule has 8 N–H and O–H groups in total. The number of aliphatic hydroxyl groups is 6. The predicted molar refractivity (Wildman–Crippen MR) is 268 cm³/mol. The molecular formula is C53H76Cl2O17. The number of Topliss-reactive ketones (excluding diaryl/α,β-unsaturated/α-hetero) is 1. The van der Waals surface area contributed by atoms with Crippen molar-refractivity contribution >= 4 is 40.9 Å². The van der Waals surface area contributed by atoms with Crippen molar-refractivity contribution in [3.8, 4) is 11.5 Å². The molecule has 404 valence electrons. The van der Waals surface area contributed by atoms with Gasteiger partial charge >= 0.3 is 11.9 Å². The van der Waals surface area contributed by atoms with Crippen LogP contribution in [0.4, 0.5) is 0 Å². The number of phenolic OH excluding ortho intramolecular Hbond substituents is 2. The fraction of sp³-hybridized carbons (Fsp3) is 0.642. The van der Waals surface area contributed by atoms with Crippen LogP contribution in [0, 0.1) is 23.7 Å². The maximum atomic E-state index is 14.2. The fourth-order valence-corrected chi connectivity index (χ4v) is 9.56. The van der Waals surface area contributed by atoms with Crippen molar-refractivity contribution in [3.63, 3.8) is 0 Å². The van der Waals surface area contributed by atoms with Crippen LogP contribution in [-0.2, 0) is 44.4 Å². The maximum absolute atomic E-state index is 14.2. The molecule has 1 aliphatic carbocycles. The zero-order valence-corrected chi connectivity index (χ0v) is 44.6. The fourth-order valence-electron chi connectivity index (χ4n) is 9.00. The Balaban J connectivity index is 1.61. The van der Waals surface area contributed by atoms with Gasteiger partial charge in [0, 0.05) is 17.9 Å². The van der Waals surface area contributed by atoms with Gasteiger partial charge in [0.25, 0.3) is 0 Å². The monoisotopic (exact) mass is 1050 g/mol. The number of hydrogen-bond acceptors (Lipinski definition) is 17. The van der Waals surface area contributed by atoms with Crippen molar-refractivity contribution in [2.75, 3.05) is 13.2 Å². The molecule has 1 aromatic carbocycles. The lowest BCUT2D eigenvalue weighted by Gasteiger charge is -2.47. The minimum absolute atomic E-state index is 0.0532. The molecule has 0 bridgehead atoms. The van der Waals surface area contributed by atoms with Crippen molar-refractivity contribution in [2.45, 2.75) is 181 Å². The van der Waals surface area contributed by atoms with Crippen LogP contribution in [0.25, 0.3) is 0 Å². The van der Waals surface area contributed by atoms with Gasteiger partial charge in [0.15, 0.2) is 42.1 Å². The van der Waals surface area contributed by atoms with E-state index in [4.69, 9.17) is 51.6 Å². The van der Waals surface area contributed by atoms with Gasteiger partial charge in [0.05, 0.1) is 54.5 Å². The Hall–Kier alpha value is -3.69. The van der Waals surface area contributed by atoms with Crippen LogP contribution in [-0.4, -0.2) is 145 Å². The molecular weight excluding hydrogens is 979 g/mol. The molecule has 2 aliphatic heterocycles. The van der Waals surface area contributed by atoms with E-state index >= 15 is 0 Å². The molecule has 0 saturated carbocycles. The van der Waals surface area contributed by atoms with Gasteiger partial charge in [0.2, 0.25) is 0 Å². The molecule has 0 radical (unpaired) electrons. The maximum Gasteiger partial charge on any atom is 0.342 e. The van der Waals surface area contributed by atoms with Crippen LogP contribution in [0.3, 0.4) is 0 Å². The lowest BCUT2D eigenvalue weighted by molar-refractivity contribution is -0.333. The van der Waals surface area contributed by atoms with Gasteiger partial charge in [-0.1, -0.05) is 92.9 Å². The number of aromatic hydroxyl groups is 2. The van der Waals surface area contributed by atoms with Crippen molar-refractivity contribution < 1.29 is 83.7 Å². The highest BCUT2D eigenvalue weighted by Gasteiger charge is 2.53. The van der Waals surface area contributed by atoms with E-state index in [0.717, 1.165) is 5.57 Å². The van der Waals surface area contributed by atoms with Crippen LogP contribution in [0.5, 0.6) is 11.5 Å². The number of phenols is 2. The van der Waals surface area contributed by atoms with Gasteiger partial charge in [0.1, 0.15) is 34.5 Å². The number of benzene rings is 1. The summed E-state index contributed by atoms with van der Waals surface area (Å²) >= 11 is 12.3. The minimum Gasteiger partial charge on any atom is -0.505 e.